The van der Waals surface area contributed by atoms with Gasteiger partial charge in [0.2, 0.25) is 0 Å². The van der Waals surface area contributed by atoms with E-state index in [1.165, 1.54) is 51.4 Å². The van der Waals surface area contributed by atoms with E-state index in [1.807, 2.05) is 0 Å². The van der Waals surface area contributed by atoms with Crippen molar-refractivity contribution in [3.8, 4) is 0 Å². The number of hydrogen-bond acceptors (Lipinski definition) is 2. The smallest absolute Gasteiger partial charge is 0.0590 e. The summed E-state index contributed by atoms with van der Waals surface area (Å²) in [4.78, 5) is 0. The summed E-state index contributed by atoms with van der Waals surface area (Å²) in [7, 11) is 0. The van der Waals surface area contributed by atoms with Crippen molar-refractivity contribution >= 4 is 0 Å². The minimum absolute atomic E-state index is 0.370. The van der Waals surface area contributed by atoms with E-state index in [0.29, 0.717) is 12.1 Å². The third kappa shape index (κ3) is 6.16. The fraction of sp³-hybridized carbons (Fsp3) is 1.00. The topological polar surface area (TPSA) is 35.2 Å². The lowest BCUT2D eigenvalue weighted by molar-refractivity contribution is 0.0973. The van der Waals surface area contributed by atoms with Gasteiger partial charge in [-0.15, -0.1) is 0 Å². The molecule has 15 heavy (non-hydrogen) atoms. The number of nitrogens with two attached hydrogens (primary N) is 1. The van der Waals surface area contributed by atoms with Gasteiger partial charge in [-0.3, -0.25) is 0 Å². The van der Waals surface area contributed by atoms with Gasteiger partial charge in [0.25, 0.3) is 0 Å². The molecule has 0 aromatic heterocycles. The van der Waals surface area contributed by atoms with Gasteiger partial charge in [-0.2, -0.15) is 0 Å². The highest BCUT2D eigenvalue weighted by Gasteiger charge is 2.18. The third-order valence-electron chi connectivity index (χ3n) is 3.27. The Balaban J connectivity index is 1.91. The van der Waals surface area contributed by atoms with Crippen molar-refractivity contribution in [3.05, 3.63) is 0 Å². The molecular formula is C13H27NO. The van der Waals surface area contributed by atoms with Crippen LogP contribution in [0.5, 0.6) is 0 Å². The largest absolute Gasteiger partial charge is 0.378 e. The molecular weight excluding hydrogens is 186 g/mol. The normalized spacial score (nSPS) is 23.2. The highest BCUT2D eigenvalue weighted by Crippen LogP contribution is 2.18. The van der Waals surface area contributed by atoms with Crippen molar-refractivity contribution in [1.29, 1.82) is 0 Å². The summed E-state index contributed by atoms with van der Waals surface area (Å²) >= 11 is 0. The average molecular weight is 213 g/mol. The zero-order chi connectivity index (χ0) is 10.9. The van der Waals surface area contributed by atoms with Gasteiger partial charge >= 0.3 is 0 Å². The van der Waals surface area contributed by atoms with Gasteiger partial charge in [-0.25, -0.2) is 0 Å². The highest BCUT2D eigenvalue weighted by atomic mass is 16.5. The predicted octanol–water partition coefficient (Wildman–Crippen LogP) is 3.24. The van der Waals surface area contributed by atoms with Gasteiger partial charge in [0.15, 0.2) is 0 Å². The molecule has 0 aromatic carbocycles. The van der Waals surface area contributed by atoms with E-state index in [1.54, 1.807) is 0 Å². The van der Waals surface area contributed by atoms with Crippen LogP contribution in [0.3, 0.4) is 0 Å². The minimum atomic E-state index is 0.370. The second-order valence-corrected chi connectivity index (χ2v) is 4.83. The van der Waals surface area contributed by atoms with E-state index in [9.17, 15) is 0 Å². The molecule has 90 valence electrons. The van der Waals surface area contributed by atoms with Gasteiger partial charge in [-0.05, 0) is 25.7 Å². The first kappa shape index (κ1) is 13.0. The summed E-state index contributed by atoms with van der Waals surface area (Å²) in [6.07, 6.45) is 11.9. The van der Waals surface area contributed by atoms with Crippen LogP contribution in [0.25, 0.3) is 0 Å². The molecule has 0 saturated carbocycles. The molecule has 2 atom stereocenters. The maximum atomic E-state index is 6.09. The minimum Gasteiger partial charge on any atom is -0.378 e. The van der Waals surface area contributed by atoms with Gasteiger partial charge in [0.1, 0.15) is 0 Å². The summed E-state index contributed by atoms with van der Waals surface area (Å²) in [5.41, 5.74) is 6.09. The quantitative estimate of drug-likeness (QED) is 0.628. The fourth-order valence-corrected chi connectivity index (χ4v) is 2.30. The first-order valence-electron chi connectivity index (χ1n) is 6.70. The highest BCUT2D eigenvalue weighted by molar-refractivity contribution is 4.72. The monoisotopic (exact) mass is 213 g/mol. The van der Waals surface area contributed by atoms with Crippen LogP contribution in [0, 0.1) is 0 Å². The van der Waals surface area contributed by atoms with E-state index in [-0.39, 0.29) is 0 Å². The Labute approximate surface area is 94.6 Å². The first-order valence-corrected chi connectivity index (χ1v) is 6.70. The van der Waals surface area contributed by atoms with Crippen molar-refractivity contribution in [2.24, 2.45) is 5.73 Å². The summed E-state index contributed by atoms with van der Waals surface area (Å²) < 4.78 is 5.59. The van der Waals surface area contributed by atoms with Gasteiger partial charge in [0, 0.05) is 12.6 Å². The van der Waals surface area contributed by atoms with Crippen LogP contribution in [-0.2, 0) is 4.74 Å². The Morgan fingerprint density at radius 1 is 1.27 bits per heavy atom. The third-order valence-corrected chi connectivity index (χ3v) is 3.27. The molecule has 0 aliphatic carbocycles. The van der Waals surface area contributed by atoms with Crippen LogP contribution in [0.15, 0.2) is 0 Å². The SMILES string of the molecule is CCCCCCCC(N)CC1CCCO1. The molecule has 1 heterocycles. The van der Waals surface area contributed by atoms with Crippen molar-refractivity contribution in [1.82, 2.24) is 0 Å². The lowest BCUT2D eigenvalue weighted by atomic mass is 10.0. The van der Waals surface area contributed by atoms with E-state index < -0.39 is 0 Å². The Morgan fingerprint density at radius 2 is 2.07 bits per heavy atom. The van der Waals surface area contributed by atoms with E-state index in [4.69, 9.17) is 10.5 Å². The molecule has 1 aliphatic heterocycles. The molecule has 1 rings (SSSR count). The molecule has 2 unspecified atom stereocenters. The number of unbranched alkanes of at least 4 members (excludes halogenated alkanes) is 4. The van der Waals surface area contributed by atoms with E-state index in [2.05, 4.69) is 6.92 Å². The molecule has 0 aromatic rings. The van der Waals surface area contributed by atoms with Gasteiger partial charge in [-0.1, -0.05) is 39.0 Å². The zero-order valence-electron chi connectivity index (χ0n) is 10.2. The van der Waals surface area contributed by atoms with E-state index in [0.717, 1.165) is 13.0 Å². The van der Waals surface area contributed by atoms with Crippen LogP contribution in [0.1, 0.15) is 64.7 Å². The Bertz CT molecular complexity index is 143. The molecule has 2 nitrogen and oxygen atoms in total. The van der Waals surface area contributed by atoms with Crippen molar-refractivity contribution in [2.45, 2.75) is 76.9 Å². The summed E-state index contributed by atoms with van der Waals surface area (Å²) in [6, 6.07) is 0.370. The molecule has 1 saturated heterocycles. The summed E-state index contributed by atoms with van der Waals surface area (Å²) in [6.45, 7) is 3.21. The molecule has 1 fully saturated rings. The van der Waals surface area contributed by atoms with Crippen molar-refractivity contribution in [2.75, 3.05) is 6.61 Å². The van der Waals surface area contributed by atoms with Crippen LogP contribution in [-0.4, -0.2) is 18.8 Å². The lowest BCUT2D eigenvalue weighted by Crippen LogP contribution is -2.25. The predicted molar refractivity (Wildman–Crippen MR) is 64.9 cm³/mol. The van der Waals surface area contributed by atoms with Gasteiger partial charge in [0.05, 0.1) is 6.10 Å². The summed E-state index contributed by atoms with van der Waals surface area (Å²) in [5.74, 6) is 0. The van der Waals surface area contributed by atoms with Crippen LogP contribution in [0.4, 0.5) is 0 Å². The standard InChI is InChI=1S/C13H27NO/c1-2-3-4-5-6-8-12(14)11-13-9-7-10-15-13/h12-13H,2-11,14H2,1H3. The molecule has 1 aliphatic rings. The molecule has 0 radical (unpaired) electrons. The summed E-state index contributed by atoms with van der Waals surface area (Å²) in [5, 5.41) is 0. The fourth-order valence-electron chi connectivity index (χ4n) is 2.30. The molecule has 0 bridgehead atoms. The van der Waals surface area contributed by atoms with Crippen LogP contribution in [0.2, 0.25) is 0 Å². The first-order chi connectivity index (χ1) is 7.33. The molecule has 0 spiro atoms. The second-order valence-electron chi connectivity index (χ2n) is 4.83. The number of rotatable bonds is 8. The zero-order valence-corrected chi connectivity index (χ0v) is 10.2. The maximum Gasteiger partial charge on any atom is 0.0590 e. The lowest BCUT2D eigenvalue weighted by Gasteiger charge is -2.15. The van der Waals surface area contributed by atoms with Crippen molar-refractivity contribution in [3.63, 3.8) is 0 Å². The van der Waals surface area contributed by atoms with Gasteiger partial charge < -0.3 is 10.5 Å². The van der Waals surface area contributed by atoms with Crippen LogP contribution >= 0.6 is 0 Å². The number of hydrogen-bond donors (Lipinski definition) is 1. The Hall–Kier alpha value is -0.0800. The second kappa shape index (κ2) is 8.12. The number of ether oxygens (including phenoxy) is 1. The maximum absolute atomic E-state index is 6.09. The average Bonchev–Trinajstić information content (AvgIpc) is 2.70. The molecule has 0 amide bonds. The Morgan fingerprint density at radius 3 is 2.73 bits per heavy atom. The van der Waals surface area contributed by atoms with E-state index >= 15 is 0 Å². The Kier molecular flexibility index (Phi) is 7.03. The molecule has 2 N–H and O–H groups in total. The van der Waals surface area contributed by atoms with Crippen molar-refractivity contribution < 1.29 is 4.74 Å². The van der Waals surface area contributed by atoms with Crippen LogP contribution < -0.4 is 5.73 Å². The molecule has 2 heteroatoms.